The fourth-order valence-electron chi connectivity index (χ4n) is 2.73. The van der Waals surface area contributed by atoms with Gasteiger partial charge in [0, 0.05) is 24.8 Å². The van der Waals surface area contributed by atoms with Crippen molar-refractivity contribution in [2.45, 2.75) is 25.4 Å². The first-order chi connectivity index (χ1) is 9.61. The van der Waals surface area contributed by atoms with Crippen molar-refractivity contribution < 1.29 is 9.47 Å². The van der Waals surface area contributed by atoms with Crippen molar-refractivity contribution in [2.24, 2.45) is 5.84 Å². The second kappa shape index (κ2) is 6.49. The lowest BCUT2D eigenvalue weighted by Crippen LogP contribution is -2.57. The topological polar surface area (TPSA) is 72.6 Å². The summed E-state index contributed by atoms with van der Waals surface area (Å²) in [5, 5.41) is 0. The summed E-state index contributed by atoms with van der Waals surface area (Å²) in [4.78, 5) is 6.83. The molecule has 1 saturated heterocycles. The number of nitrogens with one attached hydrogen (secondary N) is 1. The van der Waals surface area contributed by atoms with Crippen LogP contribution in [0.3, 0.4) is 0 Å². The van der Waals surface area contributed by atoms with Crippen LogP contribution in [-0.4, -0.2) is 48.8 Å². The van der Waals surface area contributed by atoms with Crippen molar-refractivity contribution in [3.05, 3.63) is 24.0 Å². The van der Waals surface area contributed by atoms with Crippen LogP contribution in [0.4, 0.5) is 0 Å². The number of hydrogen-bond donors (Lipinski definition) is 2. The van der Waals surface area contributed by atoms with Gasteiger partial charge in [-0.1, -0.05) is 0 Å². The molecule has 0 radical (unpaired) electrons. The van der Waals surface area contributed by atoms with E-state index in [2.05, 4.69) is 29.2 Å². The summed E-state index contributed by atoms with van der Waals surface area (Å²) in [6, 6.07) is 3.64. The molecule has 0 aromatic carbocycles. The highest BCUT2D eigenvalue weighted by Crippen LogP contribution is 2.34. The highest BCUT2D eigenvalue weighted by molar-refractivity contribution is 5.31. The number of nitrogens with two attached hydrogens (primary N) is 1. The molecule has 0 saturated carbocycles. The Labute approximate surface area is 120 Å². The highest BCUT2D eigenvalue weighted by Gasteiger charge is 2.38. The molecule has 6 heteroatoms. The van der Waals surface area contributed by atoms with E-state index in [4.69, 9.17) is 15.3 Å². The first-order valence-corrected chi connectivity index (χ1v) is 6.89. The molecular weight excluding hydrogens is 256 g/mol. The summed E-state index contributed by atoms with van der Waals surface area (Å²) in [7, 11) is 1.65. The minimum absolute atomic E-state index is 0.128. The summed E-state index contributed by atoms with van der Waals surface area (Å²) in [5.41, 5.74) is 3.54. The van der Waals surface area contributed by atoms with Gasteiger partial charge in [-0.2, -0.15) is 0 Å². The Kier molecular flexibility index (Phi) is 4.93. The van der Waals surface area contributed by atoms with Gasteiger partial charge in [0.15, 0.2) is 0 Å². The maximum Gasteiger partial charge on any atom is 0.142 e. The smallest absolute Gasteiger partial charge is 0.142 e. The first kappa shape index (κ1) is 15.2. The molecule has 6 nitrogen and oxygen atoms in total. The van der Waals surface area contributed by atoms with Crippen molar-refractivity contribution >= 4 is 0 Å². The van der Waals surface area contributed by atoms with Gasteiger partial charge in [-0.05, 0) is 26.0 Å². The van der Waals surface area contributed by atoms with Gasteiger partial charge in [0.1, 0.15) is 11.4 Å². The number of nitrogens with zero attached hydrogens (tertiary/aromatic N) is 2. The van der Waals surface area contributed by atoms with E-state index in [1.54, 1.807) is 13.3 Å². The maximum absolute atomic E-state index is 5.82. The van der Waals surface area contributed by atoms with Crippen LogP contribution in [-0.2, 0) is 4.74 Å². The molecule has 0 amide bonds. The first-order valence-electron chi connectivity index (χ1n) is 6.89. The summed E-state index contributed by atoms with van der Waals surface area (Å²) < 4.78 is 10.8. The van der Waals surface area contributed by atoms with E-state index in [1.807, 2.05) is 12.1 Å². The number of aromatic nitrogens is 1. The molecule has 1 atom stereocenters. The molecule has 20 heavy (non-hydrogen) atoms. The summed E-state index contributed by atoms with van der Waals surface area (Å²) in [6.07, 6.45) is 1.76. The Bertz CT molecular complexity index is 433. The second-order valence-corrected chi connectivity index (χ2v) is 5.44. The number of ether oxygens (including phenoxy) is 2. The number of morpholine rings is 1. The quantitative estimate of drug-likeness (QED) is 0.611. The molecule has 1 aromatic heterocycles. The molecular formula is C14H24N4O2. The largest absolute Gasteiger partial charge is 0.495 e. The third-order valence-electron chi connectivity index (χ3n) is 3.99. The van der Waals surface area contributed by atoms with Crippen LogP contribution in [0.15, 0.2) is 18.3 Å². The predicted molar refractivity (Wildman–Crippen MR) is 77.3 cm³/mol. The highest BCUT2D eigenvalue weighted by atomic mass is 16.5. The molecule has 3 N–H and O–H groups in total. The molecule has 1 aromatic rings. The van der Waals surface area contributed by atoms with E-state index >= 15 is 0 Å². The lowest BCUT2D eigenvalue weighted by Gasteiger charge is -2.45. The summed E-state index contributed by atoms with van der Waals surface area (Å²) in [5.74, 6) is 6.56. The van der Waals surface area contributed by atoms with E-state index in [9.17, 15) is 0 Å². The van der Waals surface area contributed by atoms with Crippen molar-refractivity contribution in [3.63, 3.8) is 0 Å². The second-order valence-electron chi connectivity index (χ2n) is 5.44. The fourth-order valence-corrected chi connectivity index (χ4v) is 2.73. The van der Waals surface area contributed by atoms with Gasteiger partial charge in [0.2, 0.25) is 0 Å². The standard InChI is InChI=1S/C14H24N4O2/c1-14(2,18-7-9-20-10-8-18)13(17-15)12-11(19-3)5-4-6-16-12/h4-6,13,17H,7-10,15H2,1-3H3. The van der Waals surface area contributed by atoms with Gasteiger partial charge >= 0.3 is 0 Å². The van der Waals surface area contributed by atoms with Gasteiger partial charge in [-0.3, -0.25) is 15.7 Å². The lowest BCUT2D eigenvalue weighted by molar-refractivity contribution is -0.0246. The van der Waals surface area contributed by atoms with Crippen molar-refractivity contribution in [3.8, 4) is 5.75 Å². The minimum atomic E-state index is -0.194. The van der Waals surface area contributed by atoms with Gasteiger partial charge in [0.05, 0.1) is 26.4 Å². The Morgan fingerprint density at radius 2 is 2.15 bits per heavy atom. The van der Waals surface area contributed by atoms with Crippen molar-refractivity contribution in [2.75, 3.05) is 33.4 Å². The third kappa shape index (κ3) is 2.93. The molecule has 1 unspecified atom stereocenters. The number of hydrazine groups is 1. The predicted octanol–water partition coefficient (Wildman–Crippen LogP) is 0.705. The zero-order chi connectivity index (χ0) is 14.6. The molecule has 0 bridgehead atoms. The lowest BCUT2D eigenvalue weighted by atomic mass is 9.89. The average Bonchev–Trinajstić information content (AvgIpc) is 2.49. The van der Waals surface area contributed by atoms with E-state index in [0.29, 0.717) is 0 Å². The minimum Gasteiger partial charge on any atom is -0.495 e. The van der Waals surface area contributed by atoms with Crippen molar-refractivity contribution in [1.29, 1.82) is 0 Å². The summed E-state index contributed by atoms with van der Waals surface area (Å²) >= 11 is 0. The van der Waals surface area contributed by atoms with Crippen LogP contribution in [0.2, 0.25) is 0 Å². The number of methoxy groups -OCH3 is 1. The van der Waals surface area contributed by atoms with E-state index in [1.165, 1.54) is 0 Å². The van der Waals surface area contributed by atoms with Crippen LogP contribution in [0.5, 0.6) is 5.75 Å². The van der Waals surface area contributed by atoms with Gasteiger partial charge in [-0.15, -0.1) is 0 Å². The van der Waals surface area contributed by atoms with E-state index in [-0.39, 0.29) is 11.6 Å². The molecule has 0 aliphatic carbocycles. The normalized spacial score (nSPS) is 18.8. The van der Waals surface area contributed by atoms with E-state index < -0.39 is 0 Å². The number of pyridine rings is 1. The maximum atomic E-state index is 5.82. The molecule has 2 rings (SSSR count). The summed E-state index contributed by atoms with van der Waals surface area (Å²) in [6.45, 7) is 7.61. The van der Waals surface area contributed by atoms with Gasteiger partial charge in [-0.25, -0.2) is 5.43 Å². The van der Waals surface area contributed by atoms with Crippen LogP contribution in [0, 0.1) is 0 Å². The van der Waals surface area contributed by atoms with Crippen LogP contribution < -0.4 is 16.0 Å². The van der Waals surface area contributed by atoms with E-state index in [0.717, 1.165) is 37.7 Å². The molecule has 1 fully saturated rings. The number of hydrogen-bond acceptors (Lipinski definition) is 6. The van der Waals surface area contributed by atoms with Gasteiger partial charge in [0.25, 0.3) is 0 Å². The molecule has 0 spiro atoms. The zero-order valence-electron chi connectivity index (χ0n) is 12.4. The SMILES string of the molecule is COc1cccnc1C(NN)C(C)(C)N1CCOCC1. The monoisotopic (exact) mass is 280 g/mol. The molecule has 2 heterocycles. The van der Waals surface area contributed by atoms with Gasteiger partial charge < -0.3 is 9.47 Å². The number of rotatable bonds is 5. The molecule has 1 aliphatic heterocycles. The molecule has 1 aliphatic rings. The average molecular weight is 280 g/mol. The zero-order valence-corrected chi connectivity index (χ0v) is 12.4. The van der Waals surface area contributed by atoms with Crippen LogP contribution in [0.1, 0.15) is 25.6 Å². The van der Waals surface area contributed by atoms with Crippen LogP contribution in [0.25, 0.3) is 0 Å². The van der Waals surface area contributed by atoms with Crippen molar-refractivity contribution in [1.82, 2.24) is 15.3 Å². The van der Waals surface area contributed by atoms with Crippen LogP contribution >= 0.6 is 0 Å². The molecule has 112 valence electrons. The Morgan fingerprint density at radius 3 is 2.75 bits per heavy atom. The Balaban J connectivity index is 2.30. The fraction of sp³-hybridized carbons (Fsp3) is 0.643. The Hall–Kier alpha value is -1.21. The third-order valence-corrected chi connectivity index (χ3v) is 3.99. The Morgan fingerprint density at radius 1 is 1.45 bits per heavy atom.